The van der Waals surface area contributed by atoms with Gasteiger partial charge in [-0.25, -0.2) is 15.8 Å². The van der Waals surface area contributed by atoms with E-state index in [4.69, 9.17) is 10.6 Å². The minimum atomic E-state index is -0.0988. The second kappa shape index (κ2) is 6.87. The highest BCUT2D eigenvalue weighted by Gasteiger charge is 2.09. The fourth-order valence-electron chi connectivity index (χ4n) is 1.40. The van der Waals surface area contributed by atoms with Crippen LogP contribution in [0.15, 0.2) is 17.4 Å². The number of aromatic amines is 1. The third kappa shape index (κ3) is 4.41. The Morgan fingerprint density at radius 2 is 2.41 bits per heavy atom. The highest BCUT2D eigenvalue weighted by atomic mass is 16.5. The molecule has 0 spiro atoms. The number of hydrazine groups is 1. The van der Waals surface area contributed by atoms with Crippen LogP contribution in [0.25, 0.3) is 0 Å². The van der Waals surface area contributed by atoms with Crippen LogP contribution in [-0.4, -0.2) is 35.7 Å². The third-order valence-corrected chi connectivity index (χ3v) is 2.17. The molecule has 7 nitrogen and oxygen atoms in total. The summed E-state index contributed by atoms with van der Waals surface area (Å²) in [7, 11) is 1.65. The Kier molecular flexibility index (Phi) is 5.44. The Labute approximate surface area is 101 Å². The molecule has 17 heavy (non-hydrogen) atoms. The van der Waals surface area contributed by atoms with Crippen molar-refractivity contribution in [3.05, 3.63) is 18.2 Å². The number of imidazole rings is 1. The number of nitrogens with one attached hydrogen (secondary N) is 3. The first-order chi connectivity index (χ1) is 8.17. The van der Waals surface area contributed by atoms with Crippen molar-refractivity contribution in [3.63, 3.8) is 0 Å². The minimum Gasteiger partial charge on any atom is -0.383 e. The molecule has 1 aromatic rings. The first-order valence-electron chi connectivity index (χ1n) is 5.46. The van der Waals surface area contributed by atoms with Gasteiger partial charge in [0.15, 0.2) is 0 Å². The monoisotopic (exact) mass is 240 g/mol. The van der Waals surface area contributed by atoms with E-state index in [-0.39, 0.29) is 12.1 Å². The van der Waals surface area contributed by atoms with Crippen molar-refractivity contribution < 1.29 is 4.74 Å². The molecule has 2 atom stereocenters. The van der Waals surface area contributed by atoms with E-state index in [2.05, 4.69) is 25.7 Å². The molecule has 0 saturated carbocycles. The van der Waals surface area contributed by atoms with E-state index in [1.807, 2.05) is 13.8 Å². The fraction of sp³-hybridized carbons (Fsp3) is 0.600. The summed E-state index contributed by atoms with van der Waals surface area (Å²) in [5, 5.41) is 3.11. The lowest BCUT2D eigenvalue weighted by Crippen LogP contribution is -2.47. The predicted octanol–water partition coefficient (Wildman–Crippen LogP) is -0.0855. The topological polar surface area (TPSA) is 100 Å². The Bertz CT molecular complexity index is 337. The van der Waals surface area contributed by atoms with Crippen LogP contribution in [0.5, 0.6) is 0 Å². The van der Waals surface area contributed by atoms with Crippen LogP contribution in [-0.2, 0) is 4.74 Å². The molecule has 1 heterocycles. The molecule has 7 heteroatoms. The molecule has 2 unspecified atom stereocenters. The van der Waals surface area contributed by atoms with E-state index in [1.165, 1.54) is 0 Å². The van der Waals surface area contributed by atoms with Crippen LogP contribution in [0.2, 0.25) is 0 Å². The Morgan fingerprint density at radius 1 is 1.65 bits per heavy atom. The number of aliphatic imine (C=N–C) groups is 1. The average Bonchev–Trinajstić information content (AvgIpc) is 2.81. The minimum absolute atomic E-state index is 0.0988. The molecule has 0 aliphatic carbocycles. The molecule has 1 aromatic heterocycles. The standard InChI is InChI=1S/C10H20N6O/c1-7(6-17-3)14-10(16-11)15-8(2)9-12-4-5-13-9/h4-5,7-8H,6,11H2,1-3H3,(H,12,13)(H2,14,15,16). The summed E-state index contributed by atoms with van der Waals surface area (Å²) in [4.78, 5) is 11.5. The molecule has 96 valence electrons. The molecular weight excluding hydrogens is 220 g/mol. The molecule has 0 bridgehead atoms. The van der Waals surface area contributed by atoms with Crippen LogP contribution >= 0.6 is 0 Å². The zero-order valence-corrected chi connectivity index (χ0v) is 10.4. The molecule has 0 aliphatic rings. The van der Waals surface area contributed by atoms with Gasteiger partial charge in [0.05, 0.1) is 6.61 Å². The van der Waals surface area contributed by atoms with Gasteiger partial charge >= 0.3 is 0 Å². The largest absolute Gasteiger partial charge is 0.383 e. The number of methoxy groups -OCH3 is 1. The van der Waals surface area contributed by atoms with Gasteiger partial charge in [0.1, 0.15) is 11.9 Å². The van der Waals surface area contributed by atoms with Gasteiger partial charge in [0.25, 0.3) is 0 Å². The summed E-state index contributed by atoms with van der Waals surface area (Å²) in [6.45, 7) is 4.49. The van der Waals surface area contributed by atoms with Crippen molar-refractivity contribution in [2.45, 2.75) is 25.9 Å². The van der Waals surface area contributed by atoms with Crippen LogP contribution in [0.1, 0.15) is 25.7 Å². The van der Waals surface area contributed by atoms with Crippen molar-refractivity contribution >= 4 is 5.96 Å². The maximum Gasteiger partial charge on any atom is 0.206 e. The van der Waals surface area contributed by atoms with Gasteiger partial charge in [-0.05, 0) is 13.8 Å². The van der Waals surface area contributed by atoms with Gasteiger partial charge in [-0.1, -0.05) is 0 Å². The summed E-state index contributed by atoms with van der Waals surface area (Å²) in [5.74, 6) is 6.71. The van der Waals surface area contributed by atoms with E-state index in [0.717, 1.165) is 5.82 Å². The summed E-state index contributed by atoms with van der Waals surface area (Å²) < 4.78 is 5.02. The number of aromatic nitrogens is 2. The van der Waals surface area contributed by atoms with E-state index >= 15 is 0 Å². The van der Waals surface area contributed by atoms with E-state index in [0.29, 0.717) is 12.6 Å². The van der Waals surface area contributed by atoms with Gasteiger partial charge in [0.2, 0.25) is 5.96 Å². The maximum atomic E-state index is 5.40. The predicted molar refractivity (Wildman–Crippen MR) is 66.2 cm³/mol. The molecule has 0 amide bonds. The number of nitrogens with two attached hydrogens (primary N) is 1. The van der Waals surface area contributed by atoms with Crippen LogP contribution in [0, 0.1) is 0 Å². The highest BCUT2D eigenvalue weighted by Crippen LogP contribution is 2.10. The molecule has 0 aromatic carbocycles. The smallest absolute Gasteiger partial charge is 0.206 e. The summed E-state index contributed by atoms with van der Waals surface area (Å²) in [6, 6.07) is 0.0249. The van der Waals surface area contributed by atoms with Gasteiger partial charge in [-0.2, -0.15) is 0 Å². The summed E-state index contributed by atoms with van der Waals surface area (Å²) in [5.41, 5.74) is 2.53. The zero-order valence-electron chi connectivity index (χ0n) is 10.4. The SMILES string of the molecule is COCC(C)NC(=NC(C)c1ncc[nH]1)NN. The molecule has 0 fully saturated rings. The van der Waals surface area contributed by atoms with Crippen LogP contribution < -0.4 is 16.6 Å². The van der Waals surface area contributed by atoms with Gasteiger partial charge in [0, 0.05) is 25.5 Å². The molecular formula is C10H20N6O. The van der Waals surface area contributed by atoms with Gasteiger partial charge < -0.3 is 15.0 Å². The van der Waals surface area contributed by atoms with Crippen molar-refractivity contribution in [2.75, 3.05) is 13.7 Å². The molecule has 0 saturated heterocycles. The lowest BCUT2D eigenvalue weighted by molar-refractivity contribution is 0.179. The number of H-pyrrole nitrogens is 1. The van der Waals surface area contributed by atoms with Gasteiger partial charge in [-0.15, -0.1) is 0 Å². The lowest BCUT2D eigenvalue weighted by atomic mass is 10.3. The molecule has 1 rings (SSSR count). The second-order valence-electron chi connectivity index (χ2n) is 3.77. The van der Waals surface area contributed by atoms with E-state index in [1.54, 1.807) is 19.5 Å². The molecule has 5 N–H and O–H groups in total. The average molecular weight is 240 g/mol. The van der Waals surface area contributed by atoms with Crippen molar-refractivity contribution in [1.82, 2.24) is 20.7 Å². The normalized spacial score (nSPS) is 15.4. The van der Waals surface area contributed by atoms with E-state index < -0.39 is 0 Å². The number of hydrogen-bond acceptors (Lipinski definition) is 4. The highest BCUT2D eigenvalue weighted by molar-refractivity contribution is 5.79. The number of guanidine groups is 1. The van der Waals surface area contributed by atoms with Crippen LogP contribution in [0.3, 0.4) is 0 Å². The van der Waals surface area contributed by atoms with Crippen LogP contribution in [0.4, 0.5) is 0 Å². The Morgan fingerprint density at radius 3 is 2.94 bits per heavy atom. The first-order valence-corrected chi connectivity index (χ1v) is 5.46. The fourth-order valence-corrected chi connectivity index (χ4v) is 1.40. The summed E-state index contributed by atoms with van der Waals surface area (Å²) >= 11 is 0. The third-order valence-electron chi connectivity index (χ3n) is 2.17. The van der Waals surface area contributed by atoms with E-state index in [9.17, 15) is 0 Å². The number of rotatable bonds is 5. The van der Waals surface area contributed by atoms with Gasteiger partial charge in [-0.3, -0.25) is 5.43 Å². The lowest BCUT2D eigenvalue weighted by Gasteiger charge is -2.16. The number of hydrogen-bond donors (Lipinski definition) is 4. The molecule has 0 radical (unpaired) electrons. The number of ether oxygens (including phenoxy) is 1. The van der Waals surface area contributed by atoms with Crippen molar-refractivity contribution in [1.29, 1.82) is 0 Å². The Hall–Kier alpha value is -1.60. The summed E-state index contributed by atoms with van der Waals surface area (Å²) in [6.07, 6.45) is 3.45. The molecule has 0 aliphatic heterocycles. The zero-order chi connectivity index (χ0) is 12.7. The first kappa shape index (κ1) is 13.5. The maximum absolute atomic E-state index is 5.40. The van der Waals surface area contributed by atoms with Crippen molar-refractivity contribution in [3.8, 4) is 0 Å². The quantitative estimate of drug-likeness (QED) is 0.249. The van der Waals surface area contributed by atoms with Crippen molar-refractivity contribution in [2.24, 2.45) is 10.8 Å². The second-order valence-corrected chi connectivity index (χ2v) is 3.77. The Balaban J connectivity index is 2.60. The number of nitrogens with zero attached hydrogens (tertiary/aromatic N) is 2.